The van der Waals surface area contributed by atoms with E-state index in [2.05, 4.69) is 5.32 Å². The second kappa shape index (κ2) is 10.0. The van der Waals surface area contributed by atoms with Crippen molar-refractivity contribution in [3.05, 3.63) is 62.5 Å². The van der Waals surface area contributed by atoms with Crippen LogP contribution in [-0.2, 0) is 23.9 Å². The Morgan fingerprint density at radius 1 is 1.17 bits per heavy atom. The second-order valence-corrected chi connectivity index (χ2v) is 9.55. The summed E-state index contributed by atoms with van der Waals surface area (Å²) < 4.78 is 10.8. The number of Topliss-reactive ketones (excluding diaryl/α,β-unsaturated/α-hetero) is 1. The minimum atomic E-state index is -1.02. The molecule has 3 aliphatic rings. The number of ether oxygens (including phenoxy) is 2. The number of esters is 2. The summed E-state index contributed by atoms with van der Waals surface area (Å²) in [5.74, 6) is -3.85. The molecular weight excluding hydrogens is 452 g/mol. The van der Waals surface area contributed by atoms with Crippen molar-refractivity contribution in [2.45, 2.75) is 64.4 Å². The Kier molecular flexibility index (Phi) is 7.05. The number of nitro groups is 1. The summed E-state index contributed by atoms with van der Waals surface area (Å²) in [6.45, 7) is 3.55. The van der Waals surface area contributed by atoms with Gasteiger partial charge >= 0.3 is 11.9 Å². The van der Waals surface area contributed by atoms with Gasteiger partial charge in [-0.1, -0.05) is 25.5 Å². The molecule has 0 spiro atoms. The lowest BCUT2D eigenvalue weighted by Crippen LogP contribution is -2.43. The number of nitro benzene ring substituents is 1. The highest BCUT2D eigenvalue weighted by Gasteiger charge is 2.47. The molecule has 3 atom stereocenters. The zero-order valence-corrected chi connectivity index (χ0v) is 20.2. The number of nitrogens with one attached hydrogen (secondary N) is 1. The second-order valence-electron chi connectivity index (χ2n) is 9.55. The zero-order chi connectivity index (χ0) is 25.3. The summed E-state index contributed by atoms with van der Waals surface area (Å²) in [5.41, 5.74) is 1.93. The van der Waals surface area contributed by atoms with Crippen molar-refractivity contribution >= 4 is 23.4 Å². The van der Waals surface area contributed by atoms with Gasteiger partial charge in [0.25, 0.3) is 5.69 Å². The van der Waals surface area contributed by atoms with Crippen molar-refractivity contribution in [2.75, 3.05) is 7.11 Å². The highest BCUT2D eigenvalue weighted by Crippen LogP contribution is 2.46. The maximum atomic E-state index is 13.7. The molecule has 1 fully saturated rings. The van der Waals surface area contributed by atoms with E-state index in [4.69, 9.17) is 9.47 Å². The number of dihydropyridines is 1. The first-order chi connectivity index (χ1) is 16.7. The Hall–Kier alpha value is -3.49. The molecule has 1 aromatic carbocycles. The number of nitrogens with zero attached hydrogens (tertiary/aromatic N) is 1. The number of allylic oxidation sites excluding steroid dienone is 3. The predicted molar refractivity (Wildman–Crippen MR) is 126 cm³/mol. The van der Waals surface area contributed by atoms with Crippen LogP contribution >= 0.6 is 0 Å². The summed E-state index contributed by atoms with van der Waals surface area (Å²) >= 11 is 0. The van der Waals surface area contributed by atoms with Gasteiger partial charge in [0, 0.05) is 35.0 Å². The third-order valence-electron chi connectivity index (χ3n) is 7.20. The summed E-state index contributed by atoms with van der Waals surface area (Å²) in [5, 5.41) is 14.7. The van der Waals surface area contributed by atoms with Crippen molar-refractivity contribution < 1.29 is 28.8 Å². The highest BCUT2D eigenvalue weighted by molar-refractivity contribution is 6.12. The summed E-state index contributed by atoms with van der Waals surface area (Å²) in [6.07, 6.45) is 4.82. The minimum absolute atomic E-state index is 0.151. The van der Waals surface area contributed by atoms with E-state index in [0.29, 0.717) is 23.4 Å². The Labute approximate surface area is 203 Å². The van der Waals surface area contributed by atoms with Gasteiger partial charge in [0.05, 0.1) is 17.6 Å². The van der Waals surface area contributed by atoms with Crippen LogP contribution in [0.2, 0.25) is 0 Å². The van der Waals surface area contributed by atoms with E-state index in [1.54, 1.807) is 19.9 Å². The van der Waals surface area contributed by atoms with E-state index in [9.17, 15) is 24.5 Å². The third-order valence-corrected chi connectivity index (χ3v) is 7.20. The lowest BCUT2D eigenvalue weighted by atomic mass is 9.69. The quantitative estimate of drug-likeness (QED) is 0.288. The van der Waals surface area contributed by atoms with Crippen LogP contribution in [-0.4, -0.2) is 35.9 Å². The molecule has 1 saturated carbocycles. The van der Waals surface area contributed by atoms with Crippen LogP contribution in [0.4, 0.5) is 5.69 Å². The fourth-order valence-electron chi connectivity index (χ4n) is 5.50. The average Bonchev–Trinajstić information content (AvgIpc) is 2.83. The van der Waals surface area contributed by atoms with Crippen LogP contribution in [0, 0.1) is 22.0 Å². The Balaban J connectivity index is 1.82. The van der Waals surface area contributed by atoms with E-state index < -0.39 is 34.5 Å². The average molecular weight is 483 g/mol. The number of hydrogen-bond acceptors (Lipinski definition) is 8. The fourth-order valence-corrected chi connectivity index (χ4v) is 5.50. The van der Waals surface area contributed by atoms with E-state index >= 15 is 0 Å². The van der Waals surface area contributed by atoms with Gasteiger partial charge in [0.2, 0.25) is 0 Å². The van der Waals surface area contributed by atoms with E-state index in [1.165, 1.54) is 25.3 Å². The van der Waals surface area contributed by atoms with Crippen LogP contribution in [0.1, 0.15) is 63.9 Å². The lowest BCUT2D eigenvalue weighted by Gasteiger charge is -2.38. The van der Waals surface area contributed by atoms with Gasteiger partial charge in [0.1, 0.15) is 12.0 Å². The molecule has 9 heteroatoms. The maximum absolute atomic E-state index is 13.7. The molecule has 1 aromatic rings. The third kappa shape index (κ3) is 4.72. The lowest BCUT2D eigenvalue weighted by molar-refractivity contribution is -0.384. The van der Waals surface area contributed by atoms with Crippen LogP contribution in [0.5, 0.6) is 0 Å². The molecule has 9 nitrogen and oxygen atoms in total. The van der Waals surface area contributed by atoms with Crippen molar-refractivity contribution in [1.82, 2.24) is 5.32 Å². The number of ketones is 1. The van der Waals surface area contributed by atoms with Gasteiger partial charge in [-0.15, -0.1) is 0 Å². The van der Waals surface area contributed by atoms with Crippen molar-refractivity contribution in [3.63, 3.8) is 0 Å². The number of carbonyl (C=O) groups is 3. The highest BCUT2D eigenvalue weighted by atomic mass is 16.6. The molecule has 1 N–H and O–H groups in total. The summed E-state index contributed by atoms with van der Waals surface area (Å²) in [7, 11) is 1.24. The van der Waals surface area contributed by atoms with E-state index in [0.717, 1.165) is 32.1 Å². The number of hydrogen-bond donors (Lipinski definition) is 1. The Morgan fingerprint density at radius 3 is 2.54 bits per heavy atom. The molecule has 0 unspecified atom stereocenters. The normalized spacial score (nSPS) is 25.0. The van der Waals surface area contributed by atoms with E-state index in [1.807, 2.05) is 0 Å². The summed E-state index contributed by atoms with van der Waals surface area (Å²) in [4.78, 5) is 50.7. The molecule has 0 bridgehead atoms. The monoisotopic (exact) mass is 482 g/mol. The number of carbonyl (C=O) groups excluding carboxylic acids is 3. The molecule has 0 amide bonds. The molecule has 35 heavy (non-hydrogen) atoms. The smallest absolute Gasteiger partial charge is 0.337 e. The zero-order valence-electron chi connectivity index (χ0n) is 20.2. The van der Waals surface area contributed by atoms with E-state index in [-0.39, 0.29) is 28.9 Å². The largest absolute Gasteiger partial charge is 0.468 e. The molecule has 4 rings (SSSR count). The van der Waals surface area contributed by atoms with Crippen molar-refractivity contribution in [3.8, 4) is 0 Å². The Bertz CT molecular complexity index is 1130. The number of methoxy groups -OCH3 is 1. The number of rotatable bonds is 5. The number of benzene rings is 1. The van der Waals surface area contributed by atoms with Gasteiger partial charge in [-0.05, 0) is 50.5 Å². The molecule has 1 aliphatic heterocycles. The topological polar surface area (TPSA) is 125 Å². The van der Waals surface area contributed by atoms with Gasteiger partial charge in [-0.2, -0.15) is 0 Å². The van der Waals surface area contributed by atoms with Gasteiger partial charge in [0.15, 0.2) is 5.78 Å². The minimum Gasteiger partial charge on any atom is -0.468 e. The van der Waals surface area contributed by atoms with Crippen molar-refractivity contribution in [1.29, 1.82) is 0 Å². The molecule has 2 aliphatic carbocycles. The van der Waals surface area contributed by atoms with Crippen LogP contribution in [0.25, 0.3) is 0 Å². The number of non-ortho nitro benzene ring substituents is 1. The van der Waals surface area contributed by atoms with Gasteiger partial charge < -0.3 is 14.8 Å². The Morgan fingerprint density at radius 2 is 1.89 bits per heavy atom. The molecular formula is C26H30N2O7. The maximum Gasteiger partial charge on any atom is 0.337 e. The molecule has 0 aromatic heterocycles. The molecule has 186 valence electrons. The summed E-state index contributed by atoms with van der Waals surface area (Å²) in [6, 6.07) is 5.93. The SMILES string of the molecule is COC(=O)[C@H]1C(=O)C2=C(C[C@@H]1C)NC(C)=C(C(=O)OC1CCCCC1)[C@H]2c1cccc([N+](=O)[O-])c1. The van der Waals surface area contributed by atoms with Crippen LogP contribution in [0.3, 0.4) is 0 Å². The first-order valence-electron chi connectivity index (χ1n) is 12.0. The first-order valence-corrected chi connectivity index (χ1v) is 12.0. The first kappa shape index (κ1) is 24.6. The molecule has 0 radical (unpaired) electrons. The molecule has 1 heterocycles. The van der Waals surface area contributed by atoms with Gasteiger partial charge in [-0.3, -0.25) is 19.7 Å². The van der Waals surface area contributed by atoms with Crippen LogP contribution in [0.15, 0.2) is 46.8 Å². The molecule has 0 saturated heterocycles. The predicted octanol–water partition coefficient (Wildman–Crippen LogP) is 4.08. The van der Waals surface area contributed by atoms with Crippen LogP contribution < -0.4 is 5.32 Å². The standard InChI is InChI=1S/C26H30N2O7/c1-14-12-19-23(24(29)20(14)25(30)34-3)22(16-8-7-9-17(13-16)28(32)33)21(15(2)27-19)26(31)35-18-10-5-4-6-11-18/h7-9,13-14,18,20,22,27H,4-6,10-12H2,1-3H3/t14-,20+,22+/m0/s1. The van der Waals surface area contributed by atoms with Crippen molar-refractivity contribution in [2.24, 2.45) is 11.8 Å². The fraction of sp³-hybridized carbons (Fsp3) is 0.500. The van der Waals surface area contributed by atoms with Gasteiger partial charge in [-0.25, -0.2) is 4.79 Å².